The van der Waals surface area contributed by atoms with E-state index >= 15 is 0 Å². The third-order valence-corrected chi connectivity index (χ3v) is 5.82. The molecule has 1 heterocycles. The van der Waals surface area contributed by atoms with Crippen LogP contribution in [-0.4, -0.2) is 56.2 Å². The molecule has 1 fully saturated rings. The Morgan fingerprint density at radius 2 is 1.90 bits per heavy atom. The van der Waals surface area contributed by atoms with E-state index in [-0.39, 0.29) is 24.4 Å². The lowest BCUT2D eigenvalue weighted by Crippen LogP contribution is -2.50. The van der Waals surface area contributed by atoms with Gasteiger partial charge in [0.25, 0.3) is 10.2 Å². The molecule has 0 aromatic rings. The summed E-state index contributed by atoms with van der Waals surface area (Å²) in [6.07, 6.45) is 1.47. The van der Waals surface area contributed by atoms with Gasteiger partial charge in [0, 0.05) is 33.2 Å². The molecule has 0 unspecified atom stereocenters. The minimum Gasteiger partial charge on any atom is -0.353 e. The van der Waals surface area contributed by atoms with E-state index in [1.54, 1.807) is 0 Å². The number of nitrogens with zero attached hydrogens (tertiary/aromatic N) is 2. The van der Waals surface area contributed by atoms with Crippen molar-refractivity contribution in [3.05, 3.63) is 0 Å². The Bertz CT molecular complexity index is 434. The van der Waals surface area contributed by atoms with Gasteiger partial charge in [-0.05, 0) is 25.7 Å². The Morgan fingerprint density at radius 3 is 2.40 bits per heavy atom. The number of hydrogen-bond acceptors (Lipinski definition) is 3. The highest BCUT2D eigenvalue weighted by molar-refractivity contribution is 7.86. The van der Waals surface area contributed by atoms with Crippen molar-refractivity contribution in [1.29, 1.82) is 0 Å². The molecule has 1 aliphatic rings. The minimum atomic E-state index is -3.42. The zero-order chi connectivity index (χ0) is 15.5. The summed E-state index contributed by atoms with van der Waals surface area (Å²) in [6.45, 7) is 6.84. The number of amides is 1. The van der Waals surface area contributed by atoms with Gasteiger partial charge < -0.3 is 5.32 Å². The van der Waals surface area contributed by atoms with Crippen LogP contribution >= 0.6 is 0 Å². The lowest BCUT2D eigenvalue weighted by atomic mass is 9.97. The van der Waals surface area contributed by atoms with Gasteiger partial charge in [-0.15, -0.1) is 0 Å². The van der Waals surface area contributed by atoms with E-state index in [0.29, 0.717) is 12.5 Å². The molecule has 7 heteroatoms. The monoisotopic (exact) mass is 305 g/mol. The normalized spacial score (nSPS) is 23.1. The molecule has 2 atom stereocenters. The van der Waals surface area contributed by atoms with Crippen molar-refractivity contribution in [1.82, 2.24) is 13.9 Å². The van der Waals surface area contributed by atoms with Crippen molar-refractivity contribution in [2.75, 3.05) is 27.2 Å². The largest absolute Gasteiger partial charge is 0.353 e. The van der Waals surface area contributed by atoms with Crippen LogP contribution in [0.2, 0.25) is 0 Å². The van der Waals surface area contributed by atoms with Crippen molar-refractivity contribution < 1.29 is 13.2 Å². The first kappa shape index (κ1) is 17.4. The number of piperidine rings is 1. The predicted octanol–water partition coefficient (Wildman–Crippen LogP) is 0.666. The Morgan fingerprint density at radius 1 is 1.30 bits per heavy atom. The van der Waals surface area contributed by atoms with Gasteiger partial charge in [0.05, 0.1) is 5.92 Å². The number of carbonyl (C=O) groups excluding carboxylic acids is 1. The first-order valence-corrected chi connectivity index (χ1v) is 8.54. The van der Waals surface area contributed by atoms with Crippen molar-refractivity contribution in [3.8, 4) is 0 Å². The average molecular weight is 305 g/mol. The van der Waals surface area contributed by atoms with Gasteiger partial charge in [0.1, 0.15) is 0 Å². The second-order valence-electron chi connectivity index (χ2n) is 6.03. The molecule has 0 aromatic carbocycles. The van der Waals surface area contributed by atoms with E-state index in [0.717, 1.165) is 12.8 Å². The van der Waals surface area contributed by atoms with Gasteiger partial charge in [-0.25, -0.2) is 0 Å². The lowest BCUT2D eigenvalue weighted by Gasteiger charge is -2.33. The molecule has 1 saturated heterocycles. The van der Waals surface area contributed by atoms with Crippen LogP contribution in [0, 0.1) is 11.8 Å². The minimum absolute atomic E-state index is 0.0372. The molecule has 0 saturated carbocycles. The van der Waals surface area contributed by atoms with E-state index in [2.05, 4.69) is 19.2 Å². The molecule has 0 bridgehead atoms. The van der Waals surface area contributed by atoms with Crippen LogP contribution in [-0.2, 0) is 15.0 Å². The first-order chi connectivity index (χ1) is 9.16. The van der Waals surface area contributed by atoms with Crippen molar-refractivity contribution >= 4 is 16.1 Å². The molecular weight excluding hydrogens is 278 g/mol. The van der Waals surface area contributed by atoms with Crippen molar-refractivity contribution in [2.24, 2.45) is 11.8 Å². The van der Waals surface area contributed by atoms with Crippen LogP contribution in [0.5, 0.6) is 0 Å². The number of nitrogens with one attached hydrogen (secondary N) is 1. The highest BCUT2D eigenvalue weighted by Gasteiger charge is 2.33. The molecule has 1 N–H and O–H groups in total. The van der Waals surface area contributed by atoms with Crippen LogP contribution in [0.3, 0.4) is 0 Å². The summed E-state index contributed by atoms with van der Waals surface area (Å²) in [5.41, 5.74) is 0. The van der Waals surface area contributed by atoms with E-state index in [4.69, 9.17) is 0 Å². The second-order valence-corrected chi connectivity index (χ2v) is 8.17. The Labute approximate surface area is 122 Å². The molecule has 1 rings (SSSR count). The van der Waals surface area contributed by atoms with Crippen LogP contribution in [0.1, 0.15) is 33.6 Å². The maximum Gasteiger partial charge on any atom is 0.281 e. The third kappa shape index (κ3) is 4.17. The fourth-order valence-electron chi connectivity index (χ4n) is 2.11. The van der Waals surface area contributed by atoms with Gasteiger partial charge in [0.15, 0.2) is 0 Å². The lowest BCUT2D eigenvalue weighted by molar-refractivity contribution is -0.127. The molecule has 118 valence electrons. The van der Waals surface area contributed by atoms with Crippen LogP contribution in [0.25, 0.3) is 0 Å². The van der Waals surface area contributed by atoms with E-state index in [1.807, 2.05) is 6.92 Å². The van der Waals surface area contributed by atoms with Crippen molar-refractivity contribution in [3.63, 3.8) is 0 Å². The summed E-state index contributed by atoms with van der Waals surface area (Å²) >= 11 is 0. The highest BCUT2D eigenvalue weighted by atomic mass is 32.2. The van der Waals surface area contributed by atoms with Gasteiger partial charge in [-0.1, -0.05) is 13.8 Å². The number of rotatable bonds is 5. The van der Waals surface area contributed by atoms with Gasteiger partial charge in [-0.2, -0.15) is 17.0 Å². The number of hydrogen-bond donors (Lipinski definition) is 1. The summed E-state index contributed by atoms with van der Waals surface area (Å²) < 4.78 is 26.8. The molecule has 6 nitrogen and oxygen atoms in total. The van der Waals surface area contributed by atoms with Gasteiger partial charge in [0.2, 0.25) is 5.91 Å². The molecule has 0 aliphatic carbocycles. The third-order valence-electron chi connectivity index (χ3n) is 3.91. The summed E-state index contributed by atoms with van der Waals surface area (Å²) in [5.74, 6) is 0.0775. The van der Waals surface area contributed by atoms with Crippen LogP contribution in [0.15, 0.2) is 0 Å². The summed E-state index contributed by atoms with van der Waals surface area (Å²) in [4.78, 5) is 12.2. The van der Waals surface area contributed by atoms with Crippen molar-refractivity contribution in [2.45, 2.75) is 39.7 Å². The van der Waals surface area contributed by atoms with E-state index < -0.39 is 10.2 Å². The predicted molar refractivity (Wildman–Crippen MR) is 79.3 cm³/mol. The second kappa shape index (κ2) is 6.87. The maximum atomic E-state index is 12.2. The molecule has 1 amide bonds. The first-order valence-electron chi connectivity index (χ1n) is 7.14. The topological polar surface area (TPSA) is 69.7 Å². The van der Waals surface area contributed by atoms with Gasteiger partial charge in [-0.3, -0.25) is 4.79 Å². The quantitative estimate of drug-likeness (QED) is 0.811. The number of carbonyl (C=O) groups is 1. The molecule has 1 aliphatic heterocycles. The fraction of sp³-hybridized carbons (Fsp3) is 0.923. The Hall–Kier alpha value is -0.660. The summed E-state index contributed by atoms with van der Waals surface area (Å²) in [5, 5.41) is 2.98. The standard InChI is InChI=1S/C13H27N3O3S/c1-10(2)11(3)14-13(17)12-7-6-8-16(9-12)20(18,19)15(4)5/h10-12H,6-9H2,1-5H3,(H,14,17)/t11-,12-/m1/s1. The molecule has 20 heavy (non-hydrogen) atoms. The maximum absolute atomic E-state index is 12.2. The van der Waals surface area contributed by atoms with Crippen LogP contribution < -0.4 is 5.32 Å². The highest BCUT2D eigenvalue weighted by Crippen LogP contribution is 2.20. The zero-order valence-corrected chi connectivity index (χ0v) is 13.9. The molecule has 0 spiro atoms. The average Bonchev–Trinajstić information content (AvgIpc) is 2.38. The SMILES string of the molecule is CC(C)[C@@H](C)NC(=O)[C@@H]1CCCN(S(=O)(=O)N(C)C)C1. The van der Waals surface area contributed by atoms with Crippen LogP contribution in [0.4, 0.5) is 0 Å². The fourth-order valence-corrected chi connectivity index (χ4v) is 3.30. The molecule has 0 aromatic heterocycles. The van der Waals surface area contributed by atoms with Gasteiger partial charge >= 0.3 is 0 Å². The Balaban J connectivity index is 2.68. The van der Waals surface area contributed by atoms with E-state index in [9.17, 15) is 13.2 Å². The summed E-state index contributed by atoms with van der Waals surface area (Å²) in [6, 6.07) is 0.100. The summed E-state index contributed by atoms with van der Waals surface area (Å²) in [7, 11) is -0.397. The molecule has 0 radical (unpaired) electrons. The smallest absolute Gasteiger partial charge is 0.281 e. The zero-order valence-electron chi connectivity index (χ0n) is 13.1. The Kier molecular flexibility index (Phi) is 5.97. The van der Waals surface area contributed by atoms with E-state index in [1.165, 1.54) is 22.7 Å². The molecular formula is C13H27N3O3S.